The lowest BCUT2D eigenvalue weighted by Crippen LogP contribution is -2.37. The van der Waals surface area contributed by atoms with Gasteiger partial charge in [0, 0.05) is 31.7 Å². The van der Waals surface area contributed by atoms with E-state index in [0.29, 0.717) is 11.5 Å². The number of hydrogen-bond acceptors (Lipinski definition) is 7. The lowest BCUT2D eigenvalue weighted by Gasteiger charge is -2.22. The predicted molar refractivity (Wildman–Crippen MR) is 106 cm³/mol. The summed E-state index contributed by atoms with van der Waals surface area (Å²) < 4.78 is 18.2. The zero-order chi connectivity index (χ0) is 21.5. The Bertz CT molecular complexity index is 898. The molecular weight excluding hydrogens is 393 g/mol. The lowest BCUT2D eigenvalue weighted by molar-refractivity contribution is -0.121. The van der Waals surface area contributed by atoms with Crippen molar-refractivity contribution in [3.8, 4) is 0 Å². The molecule has 2 amide bonds. The van der Waals surface area contributed by atoms with Crippen molar-refractivity contribution in [2.75, 3.05) is 36.0 Å². The fourth-order valence-corrected chi connectivity index (χ4v) is 3.07. The van der Waals surface area contributed by atoms with Crippen molar-refractivity contribution < 1.29 is 23.5 Å². The molecule has 1 aliphatic heterocycles. The van der Waals surface area contributed by atoms with E-state index >= 15 is 0 Å². The molecule has 0 atom stereocenters. The summed E-state index contributed by atoms with van der Waals surface area (Å²) in [6.07, 6.45) is 2.09. The standard InChI is InChI=1S/C20H22FN5O4/c21-14-3-5-15(6-4-14)26(12-9-17(22)27)19(28)13-30-20(29)16-7-8-18(24-23-16)25-10-1-2-11-25/h3-8H,1-2,9-13H2,(H2,22,27). The van der Waals surface area contributed by atoms with Gasteiger partial charge in [0.15, 0.2) is 18.1 Å². The Morgan fingerprint density at radius 3 is 2.37 bits per heavy atom. The Kier molecular flexibility index (Phi) is 6.89. The molecule has 2 N–H and O–H groups in total. The fraction of sp³-hybridized carbons (Fsp3) is 0.350. The van der Waals surface area contributed by atoms with Crippen molar-refractivity contribution in [2.45, 2.75) is 19.3 Å². The predicted octanol–water partition coefficient (Wildman–Crippen LogP) is 1.28. The second-order valence-corrected chi connectivity index (χ2v) is 6.79. The Hall–Kier alpha value is -3.56. The van der Waals surface area contributed by atoms with Crippen molar-refractivity contribution in [3.63, 3.8) is 0 Å². The smallest absolute Gasteiger partial charge is 0.359 e. The maximum atomic E-state index is 13.2. The van der Waals surface area contributed by atoms with Crippen LogP contribution in [0.4, 0.5) is 15.9 Å². The van der Waals surface area contributed by atoms with Gasteiger partial charge in [0.25, 0.3) is 5.91 Å². The summed E-state index contributed by atoms with van der Waals surface area (Å²) in [7, 11) is 0. The van der Waals surface area contributed by atoms with Gasteiger partial charge in [-0.05, 0) is 49.2 Å². The third-order valence-electron chi connectivity index (χ3n) is 4.64. The molecule has 2 heterocycles. The van der Waals surface area contributed by atoms with E-state index in [0.717, 1.165) is 25.9 Å². The molecule has 1 fully saturated rings. The van der Waals surface area contributed by atoms with E-state index in [1.807, 2.05) is 0 Å². The molecule has 0 unspecified atom stereocenters. The zero-order valence-corrected chi connectivity index (χ0v) is 16.3. The molecule has 0 spiro atoms. The molecule has 0 bridgehead atoms. The van der Waals surface area contributed by atoms with Crippen molar-refractivity contribution >= 4 is 29.3 Å². The Balaban J connectivity index is 1.61. The fourth-order valence-electron chi connectivity index (χ4n) is 3.07. The Labute approximate surface area is 172 Å². The average molecular weight is 415 g/mol. The summed E-state index contributed by atoms with van der Waals surface area (Å²) >= 11 is 0. The summed E-state index contributed by atoms with van der Waals surface area (Å²) in [5, 5.41) is 7.92. The van der Waals surface area contributed by atoms with E-state index in [1.165, 1.54) is 35.2 Å². The quantitative estimate of drug-likeness (QED) is 0.645. The number of hydrogen-bond donors (Lipinski definition) is 1. The molecule has 30 heavy (non-hydrogen) atoms. The lowest BCUT2D eigenvalue weighted by atomic mass is 10.2. The third kappa shape index (κ3) is 5.49. The number of rotatable bonds is 8. The zero-order valence-electron chi connectivity index (χ0n) is 16.3. The van der Waals surface area contributed by atoms with Gasteiger partial charge in [-0.25, -0.2) is 9.18 Å². The maximum Gasteiger partial charge on any atom is 0.359 e. The van der Waals surface area contributed by atoms with Crippen LogP contribution in [0.25, 0.3) is 0 Å². The molecule has 1 aromatic carbocycles. The van der Waals surface area contributed by atoms with Gasteiger partial charge in [0.05, 0.1) is 0 Å². The summed E-state index contributed by atoms with van der Waals surface area (Å²) in [6.45, 7) is 1.20. The van der Waals surface area contributed by atoms with Gasteiger partial charge in [-0.3, -0.25) is 9.59 Å². The Morgan fingerprint density at radius 1 is 1.07 bits per heavy atom. The van der Waals surface area contributed by atoms with Crippen molar-refractivity contribution in [3.05, 3.63) is 47.9 Å². The third-order valence-corrected chi connectivity index (χ3v) is 4.64. The van der Waals surface area contributed by atoms with Crippen LogP contribution in [0.3, 0.4) is 0 Å². The van der Waals surface area contributed by atoms with Gasteiger partial charge in [-0.1, -0.05) is 0 Å². The van der Waals surface area contributed by atoms with Crippen LogP contribution in [0.1, 0.15) is 29.8 Å². The second-order valence-electron chi connectivity index (χ2n) is 6.79. The van der Waals surface area contributed by atoms with Gasteiger partial charge >= 0.3 is 5.97 Å². The van der Waals surface area contributed by atoms with Crippen LogP contribution in [0.5, 0.6) is 0 Å². The van der Waals surface area contributed by atoms with E-state index < -0.39 is 30.2 Å². The monoisotopic (exact) mass is 415 g/mol. The van der Waals surface area contributed by atoms with E-state index in [2.05, 4.69) is 15.1 Å². The highest BCUT2D eigenvalue weighted by atomic mass is 19.1. The van der Waals surface area contributed by atoms with Gasteiger partial charge in [-0.2, -0.15) is 0 Å². The van der Waals surface area contributed by atoms with E-state index in [9.17, 15) is 18.8 Å². The molecule has 1 aromatic heterocycles. The van der Waals surface area contributed by atoms with Gasteiger partial charge in [0.2, 0.25) is 5.91 Å². The first-order valence-corrected chi connectivity index (χ1v) is 9.54. The van der Waals surface area contributed by atoms with Crippen molar-refractivity contribution in [1.29, 1.82) is 0 Å². The van der Waals surface area contributed by atoms with Gasteiger partial charge in [0.1, 0.15) is 5.82 Å². The number of anilines is 2. The van der Waals surface area contributed by atoms with Crippen LogP contribution in [-0.2, 0) is 14.3 Å². The van der Waals surface area contributed by atoms with Crippen LogP contribution in [0, 0.1) is 5.82 Å². The van der Waals surface area contributed by atoms with Gasteiger partial charge in [-0.15, -0.1) is 10.2 Å². The number of ether oxygens (including phenoxy) is 1. The van der Waals surface area contributed by atoms with Crippen molar-refractivity contribution in [2.24, 2.45) is 5.73 Å². The molecule has 10 heteroatoms. The number of esters is 1. The normalized spacial score (nSPS) is 13.2. The molecule has 158 valence electrons. The molecule has 0 aliphatic carbocycles. The highest BCUT2D eigenvalue weighted by Gasteiger charge is 2.20. The highest BCUT2D eigenvalue weighted by molar-refractivity contribution is 5.97. The molecule has 0 radical (unpaired) electrons. The maximum absolute atomic E-state index is 13.2. The molecular formula is C20H22FN5O4. The number of benzene rings is 1. The van der Waals surface area contributed by atoms with Crippen LogP contribution in [0.2, 0.25) is 0 Å². The number of nitrogens with two attached hydrogens (primary N) is 1. The van der Waals surface area contributed by atoms with E-state index in [-0.39, 0.29) is 18.7 Å². The second kappa shape index (κ2) is 9.77. The van der Waals surface area contributed by atoms with Crippen molar-refractivity contribution in [1.82, 2.24) is 10.2 Å². The molecule has 1 aliphatic rings. The van der Waals surface area contributed by atoms with E-state index in [1.54, 1.807) is 6.07 Å². The molecule has 9 nitrogen and oxygen atoms in total. The van der Waals surface area contributed by atoms with Gasteiger partial charge < -0.3 is 20.3 Å². The number of amides is 2. The minimum Gasteiger partial charge on any atom is -0.451 e. The number of carbonyl (C=O) groups excluding carboxylic acids is 3. The summed E-state index contributed by atoms with van der Waals surface area (Å²) in [6, 6.07) is 8.33. The number of carbonyl (C=O) groups is 3. The minimum absolute atomic E-state index is 0.0174. The molecule has 1 saturated heterocycles. The number of nitrogens with zero attached hydrogens (tertiary/aromatic N) is 4. The number of primary amides is 1. The molecule has 3 rings (SSSR count). The van der Waals surface area contributed by atoms with Crippen LogP contribution in [0.15, 0.2) is 36.4 Å². The summed E-state index contributed by atoms with van der Waals surface area (Å²) in [5.41, 5.74) is 5.50. The van der Waals surface area contributed by atoms with E-state index in [4.69, 9.17) is 10.5 Å². The molecule has 0 saturated carbocycles. The highest BCUT2D eigenvalue weighted by Crippen LogP contribution is 2.18. The van der Waals surface area contributed by atoms with Crippen LogP contribution >= 0.6 is 0 Å². The van der Waals surface area contributed by atoms with Crippen LogP contribution in [-0.4, -0.2) is 54.2 Å². The number of halogens is 1. The number of aromatic nitrogens is 2. The first-order valence-electron chi connectivity index (χ1n) is 9.54. The molecule has 2 aromatic rings. The Morgan fingerprint density at radius 2 is 1.77 bits per heavy atom. The first-order chi connectivity index (χ1) is 14.4. The topological polar surface area (TPSA) is 119 Å². The average Bonchev–Trinajstić information content (AvgIpc) is 3.28. The summed E-state index contributed by atoms with van der Waals surface area (Å²) in [4.78, 5) is 39.2. The largest absolute Gasteiger partial charge is 0.451 e. The minimum atomic E-state index is -0.794. The summed E-state index contributed by atoms with van der Waals surface area (Å²) in [5.74, 6) is -1.76. The van der Waals surface area contributed by atoms with Crippen LogP contribution < -0.4 is 15.5 Å². The SMILES string of the molecule is NC(=O)CCN(C(=O)COC(=O)c1ccc(N2CCCC2)nn1)c1ccc(F)cc1. The first kappa shape index (κ1) is 21.2.